The lowest BCUT2D eigenvalue weighted by molar-refractivity contribution is -0.114. The van der Waals surface area contributed by atoms with E-state index in [9.17, 15) is 4.79 Å². The van der Waals surface area contributed by atoms with E-state index in [4.69, 9.17) is 23.7 Å². The summed E-state index contributed by atoms with van der Waals surface area (Å²) in [7, 11) is 0. The Morgan fingerprint density at radius 1 is 1.67 bits per heavy atom. The van der Waals surface area contributed by atoms with Gasteiger partial charge in [0.1, 0.15) is 15.7 Å². The summed E-state index contributed by atoms with van der Waals surface area (Å²) in [6, 6.07) is 0. The molecule has 4 nitrogen and oxygen atoms in total. The Kier molecular flexibility index (Phi) is 2.49. The van der Waals surface area contributed by atoms with Gasteiger partial charge in [-0.2, -0.15) is 0 Å². The molecule has 0 aromatic carbocycles. The Hall–Kier alpha value is -0.880. The summed E-state index contributed by atoms with van der Waals surface area (Å²) in [5, 5.41) is 0.505. The van der Waals surface area contributed by atoms with E-state index in [0.717, 1.165) is 0 Å². The van der Waals surface area contributed by atoms with Crippen molar-refractivity contribution in [2.75, 3.05) is 6.26 Å². The lowest BCUT2D eigenvalue weighted by Crippen LogP contribution is -2.19. The highest BCUT2D eigenvalue weighted by atomic mass is 32.2. The largest absolute Gasteiger partial charge is 0.394 e. The van der Waals surface area contributed by atoms with Crippen LogP contribution in [-0.2, 0) is 4.79 Å². The maximum absolute atomic E-state index is 11.0. The molecule has 0 unspecified atom stereocenters. The van der Waals surface area contributed by atoms with Gasteiger partial charge in [0.25, 0.3) is 5.91 Å². The number of nitrogens with two attached hydrogens (primary N) is 2. The van der Waals surface area contributed by atoms with Gasteiger partial charge in [-0.25, -0.2) is 4.99 Å². The topological polar surface area (TPSA) is 81.5 Å². The van der Waals surface area contributed by atoms with Crippen LogP contribution in [0.25, 0.3) is 0 Å². The monoisotopic (exact) mass is 201 g/mol. The zero-order valence-electron chi connectivity index (χ0n) is 6.33. The Balaban J connectivity index is 3.17. The molecule has 0 radical (unpaired) electrons. The van der Waals surface area contributed by atoms with Gasteiger partial charge in [0.2, 0.25) is 0 Å². The third kappa shape index (κ3) is 1.35. The van der Waals surface area contributed by atoms with Gasteiger partial charge in [0.05, 0.1) is 5.57 Å². The summed E-state index contributed by atoms with van der Waals surface area (Å²) in [5.74, 6) is -0.456. The van der Waals surface area contributed by atoms with E-state index in [1.165, 1.54) is 11.8 Å². The number of amides is 1. The zero-order chi connectivity index (χ0) is 9.30. The smallest absolute Gasteiger partial charge is 0.294 e. The molecule has 0 aromatic rings. The SMILES string of the molecule is CSC1=NC(=O)C(N)=C1C(N)=S. The lowest BCUT2D eigenvalue weighted by atomic mass is 10.2. The Bertz CT molecular complexity index is 319. The lowest BCUT2D eigenvalue weighted by Gasteiger charge is -2.00. The molecule has 0 bridgehead atoms. The number of carbonyl (C=O) groups is 1. The van der Waals surface area contributed by atoms with Crippen molar-refractivity contribution in [1.29, 1.82) is 0 Å². The van der Waals surface area contributed by atoms with Crippen LogP contribution in [0.4, 0.5) is 0 Å². The fourth-order valence-electron chi connectivity index (χ4n) is 0.816. The summed E-state index contributed by atoms with van der Waals surface area (Å²) >= 11 is 6.02. The van der Waals surface area contributed by atoms with Crippen LogP contribution in [0, 0.1) is 0 Å². The molecule has 0 spiro atoms. The number of hydrogen-bond acceptors (Lipinski definition) is 4. The van der Waals surface area contributed by atoms with Gasteiger partial charge in [-0.05, 0) is 6.26 Å². The Labute approximate surface area is 79.1 Å². The molecule has 4 N–H and O–H groups in total. The molecule has 1 amide bonds. The summed E-state index contributed by atoms with van der Waals surface area (Å²) in [6.07, 6.45) is 1.78. The van der Waals surface area contributed by atoms with Crippen molar-refractivity contribution in [3.8, 4) is 0 Å². The fourth-order valence-corrected chi connectivity index (χ4v) is 1.69. The molecule has 6 heteroatoms. The molecule has 0 atom stereocenters. The van der Waals surface area contributed by atoms with Gasteiger partial charge in [0.15, 0.2) is 0 Å². The van der Waals surface area contributed by atoms with E-state index in [1.807, 2.05) is 0 Å². The average molecular weight is 201 g/mol. The zero-order valence-corrected chi connectivity index (χ0v) is 7.96. The Morgan fingerprint density at radius 2 is 2.25 bits per heavy atom. The van der Waals surface area contributed by atoms with Crippen molar-refractivity contribution < 1.29 is 4.79 Å². The van der Waals surface area contributed by atoms with Gasteiger partial charge in [-0.1, -0.05) is 12.2 Å². The third-order valence-corrected chi connectivity index (χ3v) is 2.24. The first-order chi connectivity index (χ1) is 5.57. The number of hydrogen-bond donors (Lipinski definition) is 2. The fraction of sp³-hybridized carbons (Fsp3) is 0.167. The molecule has 0 aliphatic carbocycles. The van der Waals surface area contributed by atoms with Crippen molar-refractivity contribution in [2.45, 2.75) is 0 Å². The van der Waals surface area contributed by atoms with E-state index in [0.29, 0.717) is 10.6 Å². The van der Waals surface area contributed by atoms with Crippen molar-refractivity contribution in [3.63, 3.8) is 0 Å². The number of thiocarbonyl (C=S) groups is 1. The van der Waals surface area contributed by atoms with E-state index in [2.05, 4.69) is 4.99 Å². The van der Waals surface area contributed by atoms with E-state index in [1.54, 1.807) is 6.26 Å². The van der Waals surface area contributed by atoms with Gasteiger partial charge < -0.3 is 11.5 Å². The molecular formula is C6H7N3OS2. The molecular weight excluding hydrogens is 194 g/mol. The molecule has 1 aliphatic heterocycles. The molecule has 0 fully saturated rings. The van der Waals surface area contributed by atoms with E-state index < -0.39 is 5.91 Å². The minimum absolute atomic E-state index is 0.0480. The highest BCUT2D eigenvalue weighted by molar-refractivity contribution is 8.14. The second-order valence-corrected chi connectivity index (χ2v) is 3.31. The van der Waals surface area contributed by atoms with Gasteiger partial charge in [-0.15, -0.1) is 11.8 Å². The summed E-state index contributed by atoms with van der Waals surface area (Å²) in [6.45, 7) is 0. The van der Waals surface area contributed by atoms with E-state index >= 15 is 0 Å². The average Bonchev–Trinajstić information content (AvgIpc) is 2.28. The minimum Gasteiger partial charge on any atom is -0.394 e. The van der Waals surface area contributed by atoms with Crippen LogP contribution in [0.5, 0.6) is 0 Å². The summed E-state index contributed by atoms with van der Waals surface area (Å²) in [4.78, 5) is 14.7. The van der Waals surface area contributed by atoms with Crippen LogP contribution >= 0.6 is 24.0 Å². The van der Waals surface area contributed by atoms with Gasteiger partial charge in [-0.3, -0.25) is 4.79 Å². The first kappa shape index (κ1) is 9.21. The molecule has 12 heavy (non-hydrogen) atoms. The van der Waals surface area contributed by atoms with Gasteiger partial charge in [0, 0.05) is 0 Å². The normalized spacial score (nSPS) is 16.8. The van der Waals surface area contributed by atoms with Crippen LogP contribution in [-0.4, -0.2) is 22.2 Å². The first-order valence-corrected chi connectivity index (χ1v) is 4.68. The summed E-state index contributed by atoms with van der Waals surface area (Å²) < 4.78 is 0. The first-order valence-electron chi connectivity index (χ1n) is 3.05. The minimum atomic E-state index is -0.456. The maximum Gasteiger partial charge on any atom is 0.294 e. The maximum atomic E-state index is 11.0. The van der Waals surface area contributed by atoms with Crippen molar-refractivity contribution in [1.82, 2.24) is 0 Å². The third-order valence-electron chi connectivity index (χ3n) is 1.36. The van der Waals surface area contributed by atoms with Crippen molar-refractivity contribution in [2.24, 2.45) is 16.5 Å². The molecule has 64 valence electrons. The van der Waals surface area contributed by atoms with Crippen LogP contribution < -0.4 is 11.5 Å². The second kappa shape index (κ2) is 3.24. The highest BCUT2D eigenvalue weighted by Crippen LogP contribution is 2.19. The van der Waals surface area contributed by atoms with Crippen molar-refractivity contribution in [3.05, 3.63) is 11.3 Å². The molecule has 0 saturated carbocycles. The van der Waals surface area contributed by atoms with Crippen LogP contribution in [0.15, 0.2) is 16.3 Å². The standard InChI is InChI=1S/C6H7N3OS2/c1-12-6-2(4(8)11)3(7)5(10)9-6/h1H3,(H2,8,11)(H2,7,9,10). The van der Waals surface area contributed by atoms with Crippen LogP contribution in [0.2, 0.25) is 0 Å². The predicted molar refractivity (Wildman–Crippen MR) is 54.0 cm³/mol. The van der Waals surface area contributed by atoms with E-state index in [-0.39, 0.29) is 10.7 Å². The predicted octanol–water partition coefficient (Wildman–Crippen LogP) is -0.213. The molecule has 0 aromatic heterocycles. The second-order valence-electron chi connectivity index (χ2n) is 2.08. The summed E-state index contributed by atoms with van der Waals surface area (Å²) in [5.41, 5.74) is 11.2. The number of rotatable bonds is 1. The number of thioether (sulfide) groups is 1. The quantitative estimate of drug-likeness (QED) is 0.573. The Morgan fingerprint density at radius 3 is 2.58 bits per heavy atom. The molecule has 0 saturated heterocycles. The number of aliphatic imine (C=N–C) groups is 1. The number of carbonyl (C=O) groups excluding carboxylic acids is 1. The molecule has 1 aliphatic rings. The van der Waals surface area contributed by atoms with Gasteiger partial charge >= 0.3 is 0 Å². The number of nitrogens with zero attached hydrogens (tertiary/aromatic N) is 1. The molecule has 1 rings (SSSR count). The van der Waals surface area contributed by atoms with Crippen LogP contribution in [0.3, 0.4) is 0 Å². The van der Waals surface area contributed by atoms with Crippen molar-refractivity contribution >= 4 is 39.9 Å². The van der Waals surface area contributed by atoms with Crippen LogP contribution in [0.1, 0.15) is 0 Å². The molecule has 1 heterocycles. The highest BCUT2D eigenvalue weighted by Gasteiger charge is 2.25.